The predicted octanol–water partition coefficient (Wildman–Crippen LogP) is 1.79. The predicted molar refractivity (Wildman–Crippen MR) is 71.9 cm³/mol. The van der Waals surface area contributed by atoms with E-state index in [4.69, 9.17) is 14.6 Å². The lowest BCUT2D eigenvalue weighted by molar-refractivity contribution is -0.136. The van der Waals surface area contributed by atoms with Crippen molar-refractivity contribution in [2.45, 2.75) is 6.42 Å². The van der Waals surface area contributed by atoms with Crippen LogP contribution in [0.25, 0.3) is 11.3 Å². The summed E-state index contributed by atoms with van der Waals surface area (Å²) in [6, 6.07) is 5.25. The van der Waals surface area contributed by atoms with Gasteiger partial charge in [0.1, 0.15) is 11.5 Å². The first kappa shape index (κ1) is 13.8. The summed E-state index contributed by atoms with van der Waals surface area (Å²) in [6.07, 6.45) is 2.79. The fourth-order valence-electron chi connectivity index (χ4n) is 1.86. The summed E-state index contributed by atoms with van der Waals surface area (Å²) in [6.45, 7) is 0. The van der Waals surface area contributed by atoms with Crippen LogP contribution >= 0.6 is 0 Å². The van der Waals surface area contributed by atoms with Crippen LogP contribution in [0.2, 0.25) is 0 Å². The minimum atomic E-state index is -0.959. The van der Waals surface area contributed by atoms with Crippen molar-refractivity contribution in [1.82, 2.24) is 9.97 Å². The van der Waals surface area contributed by atoms with Gasteiger partial charge in [-0.3, -0.25) is 14.8 Å². The third kappa shape index (κ3) is 2.85. The first-order valence-corrected chi connectivity index (χ1v) is 5.89. The van der Waals surface area contributed by atoms with Gasteiger partial charge < -0.3 is 14.6 Å². The van der Waals surface area contributed by atoms with Crippen molar-refractivity contribution in [3.05, 3.63) is 36.3 Å². The van der Waals surface area contributed by atoms with E-state index in [2.05, 4.69) is 9.97 Å². The van der Waals surface area contributed by atoms with E-state index in [-0.39, 0.29) is 6.42 Å². The van der Waals surface area contributed by atoms with Crippen LogP contribution in [0.1, 0.15) is 5.69 Å². The molecule has 0 saturated heterocycles. The second-order valence-corrected chi connectivity index (χ2v) is 3.99. The molecule has 0 unspecified atom stereocenters. The van der Waals surface area contributed by atoms with Gasteiger partial charge in [-0.2, -0.15) is 0 Å². The number of rotatable bonds is 5. The van der Waals surface area contributed by atoms with E-state index >= 15 is 0 Å². The van der Waals surface area contributed by atoms with Gasteiger partial charge >= 0.3 is 5.97 Å². The molecule has 6 heteroatoms. The third-order valence-corrected chi connectivity index (χ3v) is 2.76. The number of carbonyl (C=O) groups is 1. The molecule has 0 saturated carbocycles. The van der Waals surface area contributed by atoms with E-state index in [1.165, 1.54) is 19.5 Å². The summed E-state index contributed by atoms with van der Waals surface area (Å²) in [5.41, 5.74) is 1.57. The van der Waals surface area contributed by atoms with Gasteiger partial charge in [0.2, 0.25) is 0 Å². The zero-order valence-electron chi connectivity index (χ0n) is 11.2. The van der Waals surface area contributed by atoms with Crippen molar-refractivity contribution in [2.75, 3.05) is 14.2 Å². The number of hydrogen-bond donors (Lipinski definition) is 1. The Hall–Kier alpha value is -2.63. The summed E-state index contributed by atoms with van der Waals surface area (Å²) in [7, 11) is 3.10. The molecule has 0 atom stereocenters. The second-order valence-electron chi connectivity index (χ2n) is 3.99. The first-order chi connectivity index (χ1) is 9.65. The van der Waals surface area contributed by atoms with Gasteiger partial charge in [-0.25, -0.2) is 0 Å². The molecule has 2 aromatic rings. The highest BCUT2D eigenvalue weighted by Gasteiger charge is 2.15. The standard InChI is InChI=1S/C14H14N2O4/c1-19-9-3-4-10(12(7-9)20-2)14-11(8-13(17)18)15-5-6-16-14/h3-7H,8H2,1-2H3,(H,17,18). The quantitative estimate of drug-likeness (QED) is 0.895. The fourth-order valence-corrected chi connectivity index (χ4v) is 1.86. The van der Waals surface area contributed by atoms with Gasteiger partial charge in [0.25, 0.3) is 0 Å². The van der Waals surface area contributed by atoms with Crippen LogP contribution in [0, 0.1) is 0 Å². The van der Waals surface area contributed by atoms with Crippen LogP contribution in [0.4, 0.5) is 0 Å². The molecule has 1 heterocycles. The molecular formula is C14H14N2O4. The Morgan fingerprint density at radius 1 is 1.20 bits per heavy atom. The molecular weight excluding hydrogens is 260 g/mol. The zero-order chi connectivity index (χ0) is 14.5. The Morgan fingerprint density at radius 2 is 1.95 bits per heavy atom. The van der Waals surface area contributed by atoms with Crippen LogP contribution in [0.5, 0.6) is 11.5 Å². The lowest BCUT2D eigenvalue weighted by atomic mass is 10.1. The minimum Gasteiger partial charge on any atom is -0.497 e. The number of aliphatic carboxylic acids is 1. The van der Waals surface area contributed by atoms with Crippen molar-refractivity contribution in [3.63, 3.8) is 0 Å². The minimum absolute atomic E-state index is 0.196. The third-order valence-electron chi connectivity index (χ3n) is 2.76. The van der Waals surface area contributed by atoms with Crippen molar-refractivity contribution < 1.29 is 19.4 Å². The van der Waals surface area contributed by atoms with Crippen molar-refractivity contribution in [1.29, 1.82) is 0 Å². The molecule has 0 fully saturated rings. The van der Waals surface area contributed by atoms with E-state index in [9.17, 15) is 4.79 Å². The Morgan fingerprint density at radius 3 is 2.60 bits per heavy atom. The van der Waals surface area contributed by atoms with Crippen LogP contribution in [0.3, 0.4) is 0 Å². The lowest BCUT2D eigenvalue weighted by Crippen LogP contribution is -2.06. The highest BCUT2D eigenvalue weighted by Crippen LogP contribution is 2.33. The molecule has 0 aliphatic rings. The molecule has 0 bridgehead atoms. The maximum Gasteiger partial charge on any atom is 0.309 e. The molecule has 2 rings (SSSR count). The zero-order valence-corrected chi connectivity index (χ0v) is 11.2. The summed E-state index contributed by atoms with van der Waals surface area (Å²) >= 11 is 0. The number of nitrogens with zero attached hydrogens (tertiary/aromatic N) is 2. The number of carboxylic acid groups (broad SMARTS) is 1. The normalized spacial score (nSPS) is 10.1. The summed E-state index contributed by atoms with van der Waals surface area (Å²) in [4.78, 5) is 19.2. The Balaban J connectivity index is 2.53. The number of carboxylic acids is 1. The van der Waals surface area contributed by atoms with Gasteiger partial charge in [0.05, 0.1) is 32.0 Å². The topological polar surface area (TPSA) is 81.5 Å². The highest BCUT2D eigenvalue weighted by atomic mass is 16.5. The average molecular weight is 274 g/mol. The van der Waals surface area contributed by atoms with Crippen LogP contribution in [-0.2, 0) is 11.2 Å². The molecule has 0 aliphatic carbocycles. The van der Waals surface area contributed by atoms with Crippen molar-refractivity contribution in [2.24, 2.45) is 0 Å². The van der Waals surface area contributed by atoms with Crippen LogP contribution < -0.4 is 9.47 Å². The van der Waals surface area contributed by atoms with E-state index in [0.717, 1.165) is 0 Å². The number of aromatic nitrogens is 2. The van der Waals surface area contributed by atoms with Gasteiger partial charge in [0.15, 0.2) is 0 Å². The van der Waals surface area contributed by atoms with Crippen LogP contribution in [0.15, 0.2) is 30.6 Å². The fraction of sp³-hybridized carbons (Fsp3) is 0.214. The maximum atomic E-state index is 10.9. The van der Waals surface area contributed by atoms with Crippen LogP contribution in [-0.4, -0.2) is 35.3 Å². The molecule has 20 heavy (non-hydrogen) atoms. The molecule has 1 aromatic carbocycles. The molecule has 0 aliphatic heterocycles. The van der Waals surface area contributed by atoms with Crippen molar-refractivity contribution >= 4 is 5.97 Å². The molecule has 1 aromatic heterocycles. The largest absolute Gasteiger partial charge is 0.497 e. The summed E-state index contributed by atoms with van der Waals surface area (Å²) in [5, 5.41) is 8.93. The Labute approximate surface area is 116 Å². The maximum absolute atomic E-state index is 10.9. The SMILES string of the molecule is COc1ccc(-c2nccnc2CC(=O)O)c(OC)c1. The number of hydrogen-bond acceptors (Lipinski definition) is 5. The number of methoxy groups -OCH3 is 2. The molecule has 0 spiro atoms. The molecule has 0 amide bonds. The smallest absolute Gasteiger partial charge is 0.309 e. The summed E-state index contributed by atoms with van der Waals surface area (Å²) < 4.78 is 10.4. The average Bonchev–Trinajstić information content (AvgIpc) is 2.46. The molecule has 6 nitrogen and oxygen atoms in total. The lowest BCUT2D eigenvalue weighted by Gasteiger charge is -2.11. The highest BCUT2D eigenvalue weighted by molar-refractivity contribution is 5.76. The van der Waals surface area contributed by atoms with Gasteiger partial charge in [-0.15, -0.1) is 0 Å². The van der Waals surface area contributed by atoms with Crippen molar-refractivity contribution in [3.8, 4) is 22.8 Å². The number of ether oxygens (including phenoxy) is 2. The van der Waals surface area contributed by atoms with E-state index in [1.807, 2.05) is 0 Å². The van der Waals surface area contributed by atoms with Gasteiger partial charge in [-0.1, -0.05) is 0 Å². The second kappa shape index (κ2) is 6.01. The Bertz CT molecular complexity index is 628. The first-order valence-electron chi connectivity index (χ1n) is 5.89. The van der Waals surface area contributed by atoms with E-state index in [0.29, 0.717) is 28.5 Å². The summed E-state index contributed by atoms with van der Waals surface area (Å²) in [5.74, 6) is 0.241. The van der Waals surface area contributed by atoms with E-state index < -0.39 is 5.97 Å². The number of benzene rings is 1. The Kier molecular flexibility index (Phi) is 4.14. The van der Waals surface area contributed by atoms with E-state index in [1.54, 1.807) is 25.3 Å². The molecule has 1 N–H and O–H groups in total. The molecule has 104 valence electrons. The monoisotopic (exact) mass is 274 g/mol. The molecule has 0 radical (unpaired) electrons. The van der Waals surface area contributed by atoms with Gasteiger partial charge in [0, 0.05) is 24.0 Å². The van der Waals surface area contributed by atoms with Gasteiger partial charge in [-0.05, 0) is 12.1 Å².